The molecule has 2 aromatic rings. The summed E-state index contributed by atoms with van der Waals surface area (Å²) in [6, 6.07) is 9.79. The van der Waals surface area contributed by atoms with Crippen LogP contribution in [0, 0.1) is 6.92 Å². The number of esters is 1. The fraction of sp³-hybridized carbons (Fsp3) is 0.360. The van der Waals surface area contributed by atoms with Gasteiger partial charge < -0.3 is 19.9 Å². The molecule has 0 saturated heterocycles. The van der Waals surface area contributed by atoms with Gasteiger partial charge in [-0.2, -0.15) is 0 Å². The Morgan fingerprint density at radius 1 is 1.29 bits per heavy atom. The van der Waals surface area contributed by atoms with Crippen LogP contribution in [0.4, 0.5) is 0 Å². The molecule has 0 radical (unpaired) electrons. The zero-order chi connectivity index (χ0) is 22.5. The summed E-state index contributed by atoms with van der Waals surface area (Å²) in [5.74, 6) is -0.0449. The molecule has 0 aromatic heterocycles. The third kappa shape index (κ3) is 4.90. The summed E-state index contributed by atoms with van der Waals surface area (Å²) in [4.78, 5) is 24.3. The minimum atomic E-state index is -0.510. The van der Waals surface area contributed by atoms with Gasteiger partial charge in [-0.25, -0.2) is 4.79 Å². The van der Waals surface area contributed by atoms with Gasteiger partial charge in [-0.15, -0.1) is 0 Å². The number of carbonyl (C=O) groups excluding carboxylic acids is 2. The lowest BCUT2D eigenvalue weighted by molar-refractivity contribution is -0.121. The minimum Gasteiger partial charge on any atom is -0.507 e. The second kappa shape index (κ2) is 9.69. The van der Waals surface area contributed by atoms with E-state index in [9.17, 15) is 14.7 Å². The molecule has 6 heteroatoms. The Balaban J connectivity index is 1.64. The lowest BCUT2D eigenvalue weighted by atomic mass is 9.94. The number of carbonyl (C=O) groups is 2. The van der Waals surface area contributed by atoms with Gasteiger partial charge in [-0.1, -0.05) is 42.0 Å². The number of benzene rings is 2. The van der Waals surface area contributed by atoms with Crippen LogP contribution in [0.1, 0.15) is 65.3 Å². The van der Waals surface area contributed by atoms with Crippen LogP contribution >= 0.6 is 0 Å². The minimum absolute atomic E-state index is 0.0133. The highest BCUT2D eigenvalue weighted by atomic mass is 16.5. The summed E-state index contributed by atoms with van der Waals surface area (Å²) in [6.45, 7) is 5.92. The Bertz CT molecular complexity index is 1010. The van der Waals surface area contributed by atoms with E-state index < -0.39 is 5.97 Å². The molecular formula is C25H29NO5. The highest BCUT2D eigenvalue weighted by Gasteiger charge is 2.31. The zero-order valence-corrected chi connectivity index (χ0v) is 18.5. The van der Waals surface area contributed by atoms with Crippen LogP contribution in [-0.2, 0) is 22.6 Å². The molecule has 2 N–H and O–H groups in total. The highest BCUT2D eigenvalue weighted by molar-refractivity contribution is 5.98. The lowest BCUT2D eigenvalue weighted by Gasteiger charge is -2.16. The van der Waals surface area contributed by atoms with Crippen LogP contribution in [0.3, 0.4) is 0 Å². The van der Waals surface area contributed by atoms with Crippen LogP contribution in [-0.4, -0.2) is 24.1 Å². The molecule has 1 aliphatic heterocycles. The maximum absolute atomic E-state index is 12.3. The van der Waals surface area contributed by atoms with Gasteiger partial charge in [0.1, 0.15) is 23.7 Å². The first-order valence-electron chi connectivity index (χ1n) is 10.4. The molecule has 3 rings (SSSR count). The van der Waals surface area contributed by atoms with Crippen molar-refractivity contribution in [2.24, 2.45) is 0 Å². The van der Waals surface area contributed by atoms with E-state index in [0.717, 1.165) is 16.7 Å². The Morgan fingerprint density at radius 3 is 2.68 bits per heavy atom. The number of amides is 1. The third-order valence-corrected chi connectivity index (χ3v) is 5.73. The van der Waals surface area contributed by atoms with Crippen molar-refractivity contribution in [3.05, 3.63) is 69.8 Å². The number of allylic oxidation sites excluding steroid dienone is 2. The van der Waals surface area contributed by atoms with Crippen molar-refractivity contribution in [3.8, 4) is 11.5 Å². The van der Waals surface area contributed by atoms with Crippen molar-refractivity contribution in [3.63, 3.8) is 0 Å². The van der Waals surface area contributed by atoms with Crippen LogP contribution in [0.15, 0.2) is 42.0 Å². The van der Waals surface area contributed by atoms with Gasteiger partial charge in [-0.3, -0.25) is 4.79 Å². The maximum Gasteiger partial charge on any atom is 0.342 e. The maximum atomic E-state index is 12.3. The number of hydrogen-bond donors (Lipinski definition) is 2. The first-order chi connectivity index (χ1) is 14.8. The Labute approximate surface area is 182 Å². The second-order valence-corrected chi connectivity index (χ2v) is 7.87. The first-order valence-corrected chi connectivity index (χ1v) is 10.4. The summed E-state index contributed by atoms with van der Waals surface area (Å²) < 4.78 is 10.6. The predicted octanol–water partition coefficient (Wildman–Crippen LogP) is 4.53. The summed E-state index contributed by atoms with van der Waals surface area (Å²) in [7, 11) is 1.55. The van der Waals surface area contributed by atoms with Crippen molar-refractivity contribution in [1.29, 1.82) is 0 Å². The van der Waals surface area contributed by atoms with E-state index in [1.165, 1.54) is 0 Å². The van der Waals surface area contributed by atoms with Crippen molar-refractivity contribution >= 4 is 11.9 Å². The molecule has 0 unspecified atom stereocenters. The first kappa shape index (κ1) is 22.4. The largest absolute Gasteiger partial charge is 0.507 e. The van der Waals surface area contributed by atoms with Crippen molar-refractivity contribution in [2.45, 2.75) is 52.7 Å². The van der Waals surface area contributed by atoms with Gasteiger partial charge in [-0.05, 0) is 44.7 Å². The fourth-order valence-corrected chi connectivity index (χ4v) is 3.86. The van der Waals surface area contributed by atoms with Gasteiger partial charge in [0.25, 0.3) is 0 Å². The number of ether oxygens (including phenoxy) is 2. The number of fused-ring (bicyclic) bond motifs is 1. The van der Waals surface area contributed by atoms with Gasteiger partial charge in [0, 0.05) is 17.5 Å². The fourth-order valence-electron chi connectivity index (χ4n) is 3.86. The van der Waals surface area contributed by atoms with Crippen LogP contribution in [0.2, 0.25) is 0 Å². The molecule has 164 valence electrons. The molecule has 31 heavy (non-hydrogen) atoms. The monoisotopic (exact) mass is 423 g/mol. The average molecular weight is 424 g/mol. The normalized spacial score (nSPS) is 14.1. The smallest absolute Gasteiger partial charge is 0.342 e. The molecular weight excluding hydrogens is 394 g/mol. The summed E-state index contributed by atoms with van der Waals surface area (Å²) in [5, 5.41) is 13.7. The van der Waals surface area contributed by atoms with E-state index >= 15 is 0 Å². The quantitative estimate of drug-likeness (QED) is 0.481. The number of phenolic OH excluding ortho intramolecular Hbond substituents is 1. The van der Waals surface area contributed by atoms with Gasteiger partial charge in [0.05, 0.1) is 13.2 Å². The van der Waals surface area contributed by atoms with E-state index in [4.69, 9.17) is 9.47 Å². The summed E-state index contributed by atoms with van der Waals surface area (Å²) in [6.07, 6.45) is 3.32. The summed E-state index contributed by atoms with van der Waals surface area (Å²) in [5.41, 5.74) is 4.35. The van der Waals surface area contributed by atoms with Crippen LogP contribution in [0.25, 0.3) is 0 Å². The van der Waals surface area contributed by atoms with Gasteiger partial charge in [0.15, 0.2) is 0 Å². The molecule has 0 fully saturated rings. The molecule has 6 nitrogen and oxygen atoms in total. The van der Waals surface area contributed by atoms with E-state index in [2.05, 4.69) is 5.32 Å². The van der Waals surface area contributed by atoms with Crippen LogP contribution in [0.5, 0.6) is 11.5 Å². The lowest BCUT2D eigenvalue weighted by Crippen LogP contribution is -2.26. The molecule has 0 saturated carbocycles. The standard InChI is InChI=1S/C25H29NO5/c1-15(11-13-21(27)26-17(3)18-8-6-5-7-9-18)10-12-19-23(28)22-20(14-31-25(22)29)16(2)24(19)30-4/h5-10,17,28H,11-14H2,1-4H3,(H,26,27)/b15-10+/t17-/m0/s1. The molecule has 1 aliphatic rings. The summed E-state index contributed by atoms with van der Waals surface area (Å²) >= 11 is 0. The Kier molecular flexibility index (Phi) is 7.00. The number of methoxy groups -OCH3 is 1. The zero-order valence-electron chi connectivity index (χ0n) is 18.5. The molecule has 1 atom stereocenters. The Hall–Kier alpha value is -3.28. The van der Waals surface area contributed by atoms with Crippen LogP contribution < -0.4 is 10.1 Å². The second-order valence-electron chi connectivity index (χ2n) is 7.87. The van der Waals surface area contributed by atoms with Crippen molar-refractivity contribution in [1.82, 2.24) is 5.32 Å². The van der Waals surface area contributed by atoms with Crippen molar-refractivity contribution < 1.29 is 24.2 Å². The highest BCUT2D eigenvalue weighted by Crippen LogP contribution is 2.42. The van der Waals surface area contributed by atoms with E-state index in [-0.39, 0.29) is 29.9 Å². The number of phenols is 1. The van der Waals surface area contributed by atoms with E-state index in [1.807, 2.05) is 57.2 Å². The topological polar surface area (TPSA) is 84.9 Å². The molecule has 1 amide bonds. The number of aromatic hydroxyl groups is 1. The number of cyclic esters (lactones) is 1. The SMILES string of the molecule is COc1c(C)c2c(c(O)c1C/C=C(\C)CCC(=O)N[C@@H](C)c1ccccc1)C(=O)OC2. The van der Waals surface area contributed by atoms with E-state index in [0.29, 0.717) is 36.1 Å². The molecule has 1 heterocycles. The Morgan fingerprint density at radius 2 is 2.00 bits per heavy atom. The number of rotatable bonds is 8. The van der Waals surface area contributed by atoms with Crippen molar-refractivity contribution in [2.75, 3.05) is 7.11 Å². The molecule has 0 aliphatic carbocycles. The molecule has 0 spiro atoms. The molecule has 0 bridgehead atoms. The van der Waals surface area contributed by atoms with E-state index in [1.54, 1.807) is 7.11 Å². The number of nitrogens with one attached hydrogen (secondary N) is 1. The average Bonchev–Trinajstić information content (AvgIpc) is 3.16. The van der Waals surface area contributed by atoms with Gasteiger partial charge >= 0.3 is 5.97 Å². The molecule has 2 aromatic carbocycles. The third-order valence-electron chi connectivity index (χ3n) is 5.73. The predicted molar refractivity (Wildman–Crippen MR) is 118 cm³/mol. The number of hydrogen-bond acceptors (Lipinski definition) is 5. The van der Waals surface area contributed by atoms with Gasteiger partial charge in [0.2, 0.25) is 5.91 Å².